The molecule has 0 radical (unpaired) electrons. The van der Waals surface area contributed by atoms with E-state index in [1.165, 1.54) is 19.2 Å². The molecule has 1 aromatic carbocycles. The average Bonchev–Trinajstić information content (AvgIpc) is 3.03. The molecule has 10 heteroatoms. The van der Waals surface area contributed by atoms with Crippen molar-refractivity contribution < 1.29 is 17.9 Å². The Morgan fingerprint density at radius 3 is 2.59 bits per heavy atom. The molecule has 0 saturated carbocycles. The summed E-state index contributed by atoms with van der Waals surface area (Å²) in [5.74, 6) is 0.170. The Morgan fingerprint density at radius 1 is 1.25 bits per heavy atom. The molecule has 0 unspecified atom stereocenters. The Labute approximate surface area is 194 Å². The highest BCUT2D eigenvalue weighted by molar-refractivity contribution is 7.89. The minimum Gasteiger partial charge on any atom is -0.495 e. The lowest BCUT2D eigenvalue weighted by Gasteiger charge is -2.21. The number of aryl methyl sites for hydroxylation is 1. The van der Waals surface area contributed by atoms with Crippen LogP contribution in [0.25, 0.3) is 0 Å². The van der Waals surface area contributed by atoms with Gasteiger partial charge in [0.1, 0.15) is 5.75 Å². The lowest BCUT2D eigenvalue weighted by Crippen LogP contribution is -2.32. The second-order valence-corrected chi connectivity index (χ2v) is 10.9. The summed E-state index contributed by atoms with van der Waals surface area (Å²) in [7, 11) is -0.281. The van der Waals surface area contributed by atoms with E-state index in [2.05, 4.69) is 17.2 Å². The number of carbonyl (C=O) groups is 1. The Hall–Kier alpha value is -2.01. The van der Waals surface area contributed by atoms with Crippen LogP contribution >= 0.6 is 11.3 Å². The first-order valence-electron chi connectivity index (χ1n) is 10.9. The number of anilines is 1. The summed E-state index contributed by atoms with van der Waals surface area (Å²) in [5.41, 5.74) is 1.29. The zero-order chi connectivity index (χ0) is 23.1. The molecule has 0 bridgehead atoms. The number of benzene rings is 1. The zero-order valence-corrected chi connectivity index (χ0v) is 20.6. The molecule has 1 aliphatic rings. The van der Waals surface area contributed by atoms with Crippen molar-refractivity contribution >= 4 is 33.0 Å². The summed E-state index contributed by atoms with van der Waals surface area (Å²) in [6, 6.07) is 4.62. The van der Waals surface area contributed by atoms with Crippen LogP contribution in [0.4, 0.5) is 5.69 Å². The summed E-state index contributed by atoms with van der Waals surface area (Å²) in [5, 5.41) is 5.90. The van der Waals surface area contributed by atoms with Crippen LogP contribution in [0.3, 0.4) is 0 Å². The number of hydrogen-bond donors (Lipinski definition) is 1. The maximum atomic E-state index is 13.1. The normalized spacial score (nSPS) is 15.5. The average molecular weight is 481 g/mol. The molecule has 0 aliphatic carbocycles. The third kappa shape index (κ3) is 6.28. The van der Waals surface area contributed by atoms with Gasteiger partial charge in [0.05, 0.1) is 34.9 Å². The number of sulfonamides is 1. The standard InChI is InChI=1S/C22H32N4O4S2/c1-4-22-23-17(16-31-22)14-25(2)15-21(27)24-19-13-18(9-10-20(19)30-3)32(28,29)26-11-7-5-6-8-12-26/h9-10,13,16H,4-8,11-12,14-15H2,1-3H3,(H,24,27). The van der Waals surface area contributed by atoms with Crippen LogP contribution in [0, 0.1) is 0 Å². The molecule has 8 nitrogen and oxygen atoms in total. The Morgan fingerprint density at radius 2 is 1.97 bits per heavy atom. The first-order valence-corrected chi connectivity index (χ1v) is 13.2. The van der Waals surface area contributed by atoms with Crippen LogP contribution in [0.1, 0.15) is 43.3 Å². The molecule has 0 atom stereocenters. The van der Waals surface area contributed by atoms with Crippen LogP contribution in [0.5, 0.6) is 5.75 Å². The second-order valence-electron chi connectivity index (χ2n) is 7.99. The molecular formula is C22H32N4O4S2. The number of nitrogens with one attached hydrogen (secondary N) is 1. The van der Waals surface area contributed by atoms with Crippen molar-refractivity contribution in [1.29, 1.82) is 0 Å². The molecule has 3 rings (SSSR count). The van der Waals surface area contributed by atoms with E-state index >= 15 is 0 Å². The highest BCUT2D eigenvalue weighted by atomic mass is 32.2. The Kier molecular flexibility index (Phi) is 8.64. The number of ether oxygens (including phenoxy) is 1. The van der Waals surface area contributed by atoms with Gasteiger partial charge in [0.2, 0.25) is 15.9 Å². The molecule has 1 aromatic heterocycles. The van der Waals surface area contributed by atoms with Crippen molar-refractivity contribution in [2.24, 2.45) is 0 Å². The van der Waals surface area contributed by atoms with Gasteiger partial charge in [0.25, 0.3) is 0 Å². The van der Waals surface area contributed by atoms with Gasteiger partial charge in [0, 0.05) is 25.0 Å². The molecule has 1 N–H and O–H groups in total. The molecule has 176 valence electrons. The van der Waals surface area contributed by atoms with Crippen molar-refractivity contribution in [2.75, 3.05) is 39.1 Å². The fourth-order valence-electron chi connectivity index (χ4n) is 3.73. The van der Waals surface area contributed by atoms with Gasteiger partial charge in [-0.2, -0.15) is 4.31 Å². The number of aromatic nitrogens is 1. The lowest BCUT2D eigenvalue weighted by molar-refractivity contribution is -0.117. The number of nitrogens with zero attached hydrogens (tertiary/aromatic N) is 3. The highest BCUT2D eigenvalue weighted by Gasteiger charge is 2.26. The van der Waals surface area contributed by atoms with E-state index in [9.17, 15) is 13.2 Å². The maximum Gasteiger partial charge on any atom is 0.243 e. The number of thiazole rings is 1. The monoisotopic (exact) mass is 480 g/mol. The number of rotatable bonds is 9. The van der Waals surface area contributed by atoms with Gasteiger partial charge in [-0.1, -0.05) is 19.8 Å². The minimum absolute atomic E-state index is 0.144. The maximum absolute atomic E-state index is 13.1. The summed E-state index contributed by atoms with van der Waals surface area (Å²) < 4.78 is 33.2. The largest absolute Gasteiger partial charge is 0.495 e. The molecule has 32 heavy (non-hydrogen) atoms. The summed E-state index contributed by atoms with van der Waals surface area (Å²) in [6.45, 7) is 3.82. The van der Waals surface area contributed by atoms with E-state index in [4.69, 9.17) is 4.74 Å². The van der Waals surface area contributed by atoms with Crippen LogP contribution in [-0.2, 0) is 27.8 Å². The van der Waals surface area contributed by atoms with E-state index in [1.54, 1.807) is 21.7 Å². The highest BCUT2D eigenvalue weighted by Crippen LogP contribution is 2.30. The molecule has 1 saturated heterocycles. The van der Waals surface area contributed by atoms with Crippen LogP contribution in [0.15, 0.2) is 28.5 Å². The first kappa shape index (κ1) is 24.6. The van der Waals surface area contributed by atoms with E-state index in [-0.39, 0.29) is 17.3 Å². The smallest absolute Gasteiger partial charge is 0.243 e. The van der Waals surface area contributed by atoms with E-state index in [0.717, 1.165) is 42.8 Å². The predicted molar refractivity (Wildman–Crippen MR) is 127 cm³/mol. The summed E-state index contributed by atoms with van der Waals surface area (Å²) >= 11 is 1.62. The number of likely N-dealkylation sites (N-methyl/N-ethyl adjacent to an activating group) is 1. The van der Waals surface area contributed by atoms with Crippen molar-refractivity contribution in [3.05, 3.63) is 34.3 Å². The van der Waals surface area contributed by atoms with Gasteiger partial charge in [-0.3, -0.25) is 9.69 Å². The number of methoxy groups -OCH3 is 1. The Bertz CT molecular complexity index is 1010. The quantitative estimate of drug-likeness (QED) is 0.592. The van der Waals surface area contributed by atoms with E-state index in [0.29, 0.717) is 31.1 Å². The third-order valence-corrected chi connectivity index (χ3v) is 8.33. The summed E-state index contributed by atoms with van der Waals surface area (Å²) in [4.78, 5) is 19.2. The van der Waals surface area contributed by atoms with Crippen molar-refractivity contribution in [2.45, 2.75) is 50.5 Å². The Balaban J connectivity index is 1.70. The van der Waals surface area contributed by atoms with Gasteiger partial charge in [-0.15, -0.1) is 11.3 Å². The van der Waals surface area contributed by atoms with Crippen molar-refractivity contribution in [1.82, 2.24) is 14.2 Å². The van der Waals surface area contributed by atoms with Crippen LogP contribution < -0.4 is 10.1 Å². The second kappa shape index (κ2) is 11.2. The molecule has 0 spiro atoms. The van der Waals surface area contributed by atoms with Gasteiger partial charge < -0.3 is 10.1 Å². The SMILES string of the molecule is CCc1nc(CN(C)CC(=O)Nc2cc(S(=O)(=O)N3CCCCCC3)ccc2OC)cs1. The first-order chi connectivity index (χ1) is 15.3. The summed E-state index contributed by atoms with van der Waals surface area (Å²) in [6.07, 6.45) is 4.72. The zero-order valence-electron chi connectivity index (χ0n) is 19.0. The van der Waals surface area contributed by atoms with Crippen molar-refractivity contribution in [3.63, 3.8) is 0 Å². The van der Waals surface area contributed by atoms with Gasteiger partial charge in [0.15, 0.2) is 0 Å². The topological polar surface area (TPSA) is 91.8 Å². The molecule has 2 heterocycles. The lowest BCUT2D eigenvalue weighted by atomic mass is 10.2. The predicted octanol–water partition coefficient (Wildman–Crippen LogP) is 3.35. The van der Waals surface area contributed by atoms with Gasteiger partial charge in [-0.25, -0.2) is 13.4 Å². The van der Waals surface area contributed by atoms with Crippen LogP contribution in [-0.4, -0.2) is 62.3 Å². The molecule has 2 aromatic rings. The van der Waals surface area contributed by atoms with Gasteiger partial charge >= 0.3 is 0 Å². The minimum atomic E-state index is -3.62. The third-order valence-electron chi connectivity index (χ3n) is 5.40. The van der Waals surface area contributed by atoms with Gasteiger partial charge in [-0.05, 0) is 44.5 Å². The van der Waals surface area contributed by atoms with E-state index < -0.39 is 10.0 Å². The molecular weight excluding hydrogens is 448 g/mol. The molecule has 1 aliphatic heterocycles. The fraction of sp³-hybridized carbons (Fsp3) is 0.545. The number of amides is 1. The van der Waals surface area contributed by atoms with Crippen molar-refractivity contribution in [3.8, 4) is 5.75 Å². The number of hydrogen-bond acceptors (Lipinski definition) is 7. The van der Waals surface area contributed by atoms with E-state index in [1.807, 2.05) is 17.3 Å². The molecule has 1 amide bonds. The molecule has 1 fully saturated rings. The van der Waals surface area contributed by atoms with Crippen LogP contribution in [0.2, 0.25) is 0 Å². The fourth-order valence-corrected chi connectivity index (χ4v) is 6.01. The number of carbonyl (C=O) groups excluding carboxylic acids is 1.